The Morgan fingerprint density at radius 2 is 1.96 bits per heavy atom. The lowest BCUT2D eigenvalue weighted by molar-refractivity contribution is 0.603. The summed E-state index contributed by atoms with van der Waals surface area (Å²) in [6.45, 7) is 5.01. The first kappa shape index (κ1) is 14.0. The molecule has 8 heteroatoms. The Hall–Kier alpha value is -2.61. The minimum Gasteiger partial charge on any atom is -0.265 e. The lowest BCUT2D eigenvalue weighted by Gasteiger charge is -2.02. The molecule has 116 valence electrons. The van der Waals surface area contributed by atoms with Crippen LogP contribution in [-0.2, 0) is 6.54 Å². The Kier molecular flexibility index (Phi) is 3.38. The van der Waals surface area contributed by atoms with Gasteiger partial charge in [0.1, 0.15) is 0 Å². The molecule has 0 saturated heterocycles. The summed E-state index contributed by atoms with van der Waals surface area (Å²) in [5, 5.41) is 18.6. The normalized spacial score (nSPS) is 11.4. The van der Waals surface area contributed by atoms with Crippen molar-refractivity contribution >= 4 is 16.3 Å². The fraction of sp³-hybridized carbons (Fsp3) is 0.267. The SMILES string of the molecule is CCCn1nc(C)cc1-c1nn2c(-c3ccncc3)nnc2s1. The highest BCUT2D eigenvalue weighted by Crippen LogP contribution is 2.28. The number of fused-ring (bicyclic) bond motifs is 1. The minimum absolute atomic E-state index is 0.725. The maximum absolute atomic E-state index is 4.70. The van der Waals surface area contributed by atoms with E-state index in [9.17, 15) is 0 Å². The van der Waals surface area contributed by atoms with Crippen LogP contribution in [0.5, 0.6) is 0 Å². The van der Waals surface area contributed by atoms with Gasteiger partial charge in [-0.05, 0) is 31.5 Å². The second-order valence-corrected chi connectivity index (χ2v) is 6.21. The summed E-state index contributed by atoms with van der Waals surface area (Å²) in [4.78, 5) is 4.81. The summed E-state index contributed by atoms with van der Waals surface area (Å²) in [7, 11) is 0. The summed E-state index contributed by atoms with van der Waals surface area (Å²) in [6, 6.07) is 5.87. The molecule has 0 aliphatic heterocycles. The van der Waals surface area contributed by atoms with Gasteiger partial charge in [0, 0.05) is 24.5 Å². The third-order valence-electron chi connectivity index (χ3n) is 3.49. The average Bonchev–Trinajstić information content (AvgIpc) is 3.22. The maximum atomic E-state index is 4.70. The van der Waals surface area contributed by atoms with E-state index in [0.29, 0.717) is 0 Å². The van der Waals surface area contributed by atoms with Gasteiger partial charge in [0.05, 0.1) is 11.4 Å². The van der Waals surface area contributed by atoms with Crippen molar-refractivity contribution < 1.29 is 0 Å². The van der Waals surface area contributed by atoms with E-state index < -0.39 is 0 Å². The molecule has 0 aliphatic carbocycles. The van der Waals surface area contributed by atoms with Gasteiger partial charge in [-0.15, -0.1) is 10.2 Å². The molecule has 0 aliphatic rings. The molecule has 0 atom stereocenters. The third-order valence-corrected chi connectivity index (χ3v) is 4.41. The van der Waals surface area contributed by atoms with Crippen molar-refractivity contribution in [2.45, 2.75) is 26.8 Å². The van der Waals surface area contributed by atoms with E-state index in [0.717, 1.165) is 45.7 Å². The van der Waals surface area contributed by atoms with Crippen LogP contribution in [0.3, 0.4) is 0 Å². The Morgan fingerprint density at radius 3 is 2.74 bits per heavy atom. The zero-order valence-electron chi connectivity index (χ0n) is 12.8. The second kappa shape index (κ2) is 5.54. The fourth-order valence-electron chi connectivity index (χ4n) is 2.50. The minimum atomic E-state index is 0.725. The highest BCUT2D eigenvalue weighted by atomic mass is 32.1. The molecule has 0 radical (unpaired) electrons. The van der Waals surface area contributed by atoms with Crippen molar-refractivity contribution in [3.05, 3.63) is 36.3 Å². The highest BCUT2D eigenvalue weighted by molar-refractivity contribution is 7.19. The highest BCUT2D eigenvalue weighted by Gasteiger charge is 2.17. The molecule has 23 heavy (non-hydrogen) atoms. The van der Waals surface area contributed by atoms with Crippen molar-refractivity contribution in [2.75, 3.05) is 0 Å². The fourth-order valence-corrected chi connectivity index (χ4v) is 3.36. The predicted molar refractivity (Wildman–Crippen MR) is 88.1 cm³/mol. The number of hydrogen-bond acceptors (Lipinski definition) is 6. The Bertz CT molecular complexity index is 951. The Balaban J connectivity index is 1.83. The van der Waals surface area contributed by atoms with Gasteiger partial charge in [-0.1, -0.05) is 18.3 Å². The first-order valence-corrected chi connectivity index (χ1v) is 8.25. The van der Waals surface area contributed by atoms with Gasteiger partial charge in [0.2, 0.25) is 4.96 Å². The van der Waals surface area contributed by atoms with Gasteiger partial charge >= 0.3 is 0 Å². The zero-order valence-corrected chi connectivity index (χ0v) is 13.7. The van der Waals surface area contributed by atoms with Crippen LogP contribution in [0.25, 0.3) is 27.1 Å². The first-order chi connectivity index (χ1) is 11.3. The van der Waals surface area contributed by atoms with Crippen LogP contribution >= 0.6 is 11.3 Å². The van der Waals surface area contributed by atoms with Crippen LogP contribution in [0.1, 0.15) is 19.0 Å². The lowest BCUT2D eigenvalue weighted by Crippen LogP contribution is -2.01. The molecule has 4 aromatic rings. The van der Waals surface area contributed by atoms with Crippen molar-refractivity contribution in [3.63, 3.8) is 0 Å². The van der Waals surface area contributed by atoms with Gasteiger partial charge in [0.25, 0.3) is 0 Å². The molecule has 4 aromatic heterocycles. The third kappa shape index (κ3) is 2.40. The molecule has 0 fully saturated rings. The Labute approximate surface area is 136 Å². The van der Waals surface area contributed by atoms with Crippen molar-refractivity contribution in [1.82, 2.24) is 34.6 Å². The van der Waals surface area contributed by atoms with Gasteiger partial charge in [-0.2, -0.15) is 14.7 Å². The molecule has 0 N–H and O–H groups in total. The van der Waals surface area contributed by atoms with Crippen LogP contribution in [0.15, 0.2) is 30.6 Å². The van der Waals surface area contributed by atoms with E-state index in [1.807, 2.05) is 23.7 Å². The number of aromatic nitrogens is 7. The van der Waals surface area contributed by atoms with E-state index in [1.165, 1.54) is 11.3 Å². The van der Waals surface area contributed by atoms with Gasteiger partial charge < -0.3 is 0 Å². The molecule has 0 saturated carbocycles. The average molecular weight is 325 g/mol. The zero-order chi connectivity index (χ0) is 15.8. The molecule has 0 aromatic carbocycles. The van der Waals surface area contributed by atoms with Crippen LogP contribution in [-0.4, -0.2) is 34.6 Å². The molecule has 7 nitrogen and oxygen atoms in total. The van der Waals surface area contributed by atoms with Crippen molar-refractivity contribution in [2.24, 2.45) is 0 Å². The van der Waals surface area contributed by atoms with Crippen molar-refractivity contribution in [3.8, 4) is 22.1 Å². The van der Waals surface area contributed by atoms with E-state index in [-0.39, 0.29) is 0 Å². The summed E-state index contributed by atoms with van der Waals surface area (Å²) in [5.74, 6) is 0.725. The summed E-state index contributed by atoms with van der Waals surface area (Å²) in [6.07, 6.45) is 4.51. The molecular weight excluding hydrogens is 310 g/mol. The molecule has 4 rings (SSSR count). The van der Waals surface area contributed by atoms with E-state index >= 15 is 0 Å². The van der Waals surface area contributed by atoms with Gasteiger partial charge in [0.15, 0.2) is 10.8 Å². The molecule has 0 spiro atoms. The molecule has 0 bridgehead atoms. The van der Waals surface area contributed by atoms with Crippen molar-refractivity contribution in [1.29, 1.82) is 0 Å². The maximum Gasteiger partial charge on any atom is 0.235 e. The molecular formula is C15H15N7S. The summed E-state index contributed by atoms with van der Waals surface area (Å²) in [5.41, 5.74) is 2.97. The standard InChI is InChI=1S/C15H15N7S/c1-3-8-21-12(9-10(2)19-21)14-20-22-13(17-18-15(22)23-14)11-4-6-16-7-5-11/h4-7,9H,3,8H2,1-2H3. The number of nitrogens with zero attached hydrogens (tertiary/aromatic N) is 7. The quantitative estimate of drug-likeness (QED) is 0.577. The second-order valence-electron chi connectivity index (χ2n) is 5.26. The molecule has 0 unspecified atom stereocenters. The first-order valence-electron chi connectivity index (χ1n) is 7.43. The lowest BCUT2D eigenvalue weighted by atomic mass is 10.2. The van der Waals surface area contributed by atoms with E-state index in [1.54, 1.807) is 16.9 Å². The van der Waals surface area contributed by atoms with Crippen LogP contribution in [0.4, 0.5) is 0 Å². The molecule has 0 amide bonds. The number of rotatable bonds is 4. The Morgan fingerprint density at radius 1 is 1.13 bits per heavy atom. The summed E-state index contributed by atoms with van der Waals surface area (Å²) < 4.78 is 3.79. The van der Waals surface area contributed by atoms with Crippen LogP contribution < -0.4 is 0 Å². The smallest absolute Gasteiger partial charge is 0.235 e. The van der Waals surface area contributed by atoms with Crippen LogP contribution in [0, 0.1) is 6.92 Å². The number of hydrogen-bond donors (Lipinski definition) is 0. The number of aryl methyl sites for hydroxylation is 2. The van der Waals surface area contributed by atoms with Gasteiger partial charge in [-0.25, -0.2) is 0 Å². The predicted octanol–water partition coefficient (Wildman–Crippen LogP) is 2.83. The monoisotopic (exact) mass is 325 g/mol. The van der Waals surface area contributed by atoms with Crippen LogP contribution in [0.2, 0.25) is 0 Å². The largest absolute Gasteiger partial charge is 0.265 e. The van der Waals surface area contributed by atoms with E-state index in [2.05, 4.69) is 33.3 Å². The van der Waals surface area contributed by atoms with Gasteiger partial charge in [-0.3, -0.25) is 9.67 Å². The summed E-state index contributed by atoms with van der Waals surface area (Å²) >= 11 is 1.52. The molecule has 4 heterocycles. The topological polar surface area (TPSA) is 73.8 Å². The number of pyridine rings is 1. The van der Waals surface area contributed by atoms with E-state index in [4.69, 9.17) is 5.10 Å².